The number of hydrogen-bond donors (Lipinski definition) is 6. The van der Waals surface area contributed by atoms with E-state index in [-0.39, 0.29) is 42.7 Å². The lowest BCUT2D eigenvalue weighted by Gasteiger charge is -2.46. The number of rotatable bonds is 6. The first-order chi connectivity index (χ1) is 20.1. The molecule has 0 aromatic heterocycles. The fourth-order valence-electron chi connectivity index (χ4n) is 6.47. The standard InChI is InChI=1S/C32H37N3O8/c1-31(2,3)43-22-9-7-6-8-15(22)14-34-19-13-20(35(4)5)18-11-16-10-17-12-21(36)25(30(33)41)29(40)32(17,42)28(39)23(16)27(38)24(18)26(19)37/h6-9,13,16-17,34,37-38,40,42H,10-12,14H2,1-5H3,(H2,33,41)/t16-,17+,32+/m1/s1. The van der Waals surface area contributed by atoms with E-state index in [1.165, 1.54) is 0 Å². The molecular formula is C32H37N3O8. The molecule has 0 radical (unpaired) electrons. The summed E-state index contributed by atoms with van der Waals surface area (Å²) in [6.07, 6.45) is -0.0733. The predicted octanol–water partition coefficient (Wildman–Crippen LogP) is 3.28. The van der Waals surface area contributed by atoms with Crippen molar-refractivity contribution in [3.63, 3.8) is 0 Å². The van der Waals surface area contributed by atoms with Crippen LogP contribution in [0.1, 0.15) is 50.3 Å². The van der Waals surface area contributed by atoms with Crippen molar-refractivity contribution in [1.82, 2.24) is 0 Å². The molecular weight excluding hydrogens is 554 g/mol. The SMILES string of the molecule is CN(C)c1cc(NCc2ccccc2OC(C)(C)C)c(O)c2c1C[C@H]1C[C@H]3CC(=O)C(C(N)=O)=C(O)[C@@]3(O)C(=O)C1=C2O. The van der Waals surface area contributed by atoms with Crippen LogP contribution in [0.25, 0.3) is 5.76 Å². The second-order valence-electron chi connectivity index (χ2n) is 12.6. The van der Waals surface area contributed by atoms with Crippen LogP contribution in [0, 0.1) is 11.8 Å². The summed E-state index contributed by atoms with van der Waals surface area (Å²) < 4.78 is 6.09. The number of fused-ring (bicyclic) bond motifs is 3. The number of ketones is 2. The Morgan fingerprint density at radius 3 is 2.44 bits per heavy atom. The average Bonchev–Trinajstić information content (AvgIpc) is 2.89. The predicted molar refractivity (Wildman–Crippen MR) is 160 cm³/mol. The van der Waals surface area contributed by atoms with Crippen molar-refractivity contribution in [2.24, 2.45) is 17.6 Å². The van der Waals surface area contributed by atoms with E-state index < -0.39 is 57.6 Å². The number of carbonyl (C=O) groups excluding carboxylic acids is 3. The number of phenols is 1. The fourth-order valence-corrected chi connectivity index (χ4v) is 6.47. The van der Waals surface area contributed by atoms with Gasteiger partial charge < -0.3 is 41.1 Å². The highest BCUT2D eigenvalue weighted by Crippen LogP contribution is 2.54. The highest BCUT2D eigenvalue weighted by atomic mass is 16.5. The summed E-state index contributed by atoms with van der Waals surface area (Å²) in [4.78, 5) is 40.2. The second kappa shape index (κ2) is 10.3. The smallest absolute Gasteiger partial charge is 0.255 e. The van der Waals surface area contributed by atoms with Crippen LogP contribution in [0.3, 0.4) is 0 Å². The number of anilines is 2. The van der Waals surface area contributed by atoms with E-state index in [0.717, 1.165) is 5.56 Å². The van der Waals surface area contributed by atoms with Crippen molar-refractivity contribution in [3.05, 3.63) is 63.9 Å². The number of Topliss-reactive ketones (excluding diaryl/α,β-unsaturated/α-hetero) is 2. The number of para-hydroxylation sites is 1. The van der Waals surface area contributed by atoms with Crippen LogP contribution < -0.4 is 20.7 Å². The zero-order valence-corrected chi connectivity index (χ0v) is 24.8. The number of hydrogen-bond acceptors (Lipinski definition) is 10. The van der Waals surface area contributed by atoms with Crippen LogP contribution in [-0.2, 0) is 27.3 Å². The Morgan fingerprint density at radius 1 is 1.14 bits per heavy atom. The van der Waals surface area contributed by atoms with Crippen molar-refractivity contribution in [2.45, 2.75) is 57.8 Å². The number of nitrogens with zero attached hydrogens (tertiary/aromatic N) is 1. The Kier molecular flexibility index (Phi) is 7.20. The number of benzene rings is 2. The van der Waals surface area contributed by atoms with Crippen LogP contribution in [-0.4, -0.2) is 63.2 Å². The largest absolute Gasteiger partial charge is 0.508 e. The number of phenolic OH excluding ortho intramolecular Hbond substituents is 1. The highest BCUT2D eigenvalue weighted by molar-refractivity contribution is 6.22. The minimum atomic E-state index is -2.61. The Bertz CT molecular complexity index is 1620. The second-order valence-corrected chi connectivity index (χ2v) is 12.6. The van der Waals surface area contributed by atoms with Crippen molar-refractivity contribution in [1.29, 1.82) is 0 Å². The van der Waals surface area contributed by atoms with Gasteiger partial charge in [0.15, 0.2) is 11.4 Å². The zero-order valence-electron chi connectivity index (χ0n) is 24.8. The molecule has 2 aromatic rings. The normalized spacial score (nSPS) is 23.4. The Balaban J connectivity index is 1.59. The molecule has 3 aliphatic rings. The van der Waals surface area contributed by atoms with Crippen LogP contribution in [0.5, 0.6) is 11.5 Å². The molecule has 0 heterocycles. The van der Waals surface area contributed by atoms with Gasteiger partial charge in [-0.25, -0.2) is 0 Å². The summed E-state index contributed by atoms with van der Waals surface area (Å²) in [7, 11) is 3.63. The third-order valence-electron chi connectivity index (χ3n) is 8.38. The Hall–Kier alpha value is -4.51. The van der Waals surface area contributed by atoms with Crippen LogP contribution in [0.15, 0.2) is 47.2 Å². The molecule has 0 saturated heterocycles. The number of nitrogens with two attached hydrogens (primary N) is 1. The maximum Gasteiger partial charge on any atom is 0.255 e. The summed E-state index contributed by atoms with van der Waals surface area (Å²) in [6, 6.07) is 9.26. The van der Waals surface area contributed by atoms with E-state index in [0.29, 0.717) is 22.7 Å². The Morgan fingerprint density at radius 2 is 1.81 bits per heavy atom. The lowest BCUT2D eigenvalue weighted by atomic mass is 9.59. The number of primary amides is 1. The maximum atomic E-state index is 13.9. The topological polar surface area (TPSA) is 183 Å². The van der Waals surface area contributed by atoms with Crippen LogP contribution in [0.4, 0.5) is 11.4 Å². The summed E-state index contributed by atoms with van der Waals surface area (Å²) in [6.45, 7) is 6.11. The first-order valence-electron chi connectivity index (χ1n) is 14.1. The van der Waals surface area contributed by atoms with E-state index in [2.05, 4.69) is 5.32 Å². The van der Waals surface area contributed by atoms with Gasteiger partial charge in [-0.15, -0.1) is 0 Å². The van der Waals surface area contributed by atoms with Gasteiger partial charge in [0.05, 0.1) is 11.3 Å². The van der Waals surface area contributed by atoms with E-state index >= 15 is 0 Å². The molecule has 0 aliphatic heterocycles. The molecule has 43 heavy (non-hydrogen) atoms. The summed E-state index contributed by atoms with van der Waals surface area (Å²) in [5.41, 5.74) is 3.66. The lowest BCUT2D eigenvalue weighted by Crippen LogP contribution is -2.58. The minimum absolute atomic E-state index is 0.0278. The van der Waals surface area contributed by atoms with Crippen LogP contribution >= 0.6 is 0 Å². The average molecular weight is 592 g/mol. The number of nitrogens with one attached hydrogen (secondary N) is 1. The van der Waals surface area contributed by atoms with Gasteiger partial charge in [-0.05, 0) is 57.2 Å². The zero-order chi connectivity index (χ0) is 31.6. The van der Waals surface area contributed by atoms with Gasteiger partial charge in [0, 0.05) is 49.8 Å². The van der Waals surface area contributed by atoms with Crippen molar-refractivity contribution in [3.8, 4) is 11.5 Å². The minimum Gasteiger partial charge on any atom is -0.508 e. The molecule has 1 saturated carbocycles. The van der Waals surface area contributed by atoms with E-state index in [4.69, 9.17) is 10.5 Å². The van der Waals surface area contributed by atoms with E-state index in [9.17, 15) is 34.8 Å². The molecule has 0 unspecified atom stereocenters. The van der Waals surface area contributed by atoms with Gasteiger partial charge in [0.1, 0.15) is 34.2 Å². The first-order valence-corrected chi connectivity index (χ1v) is 14.1. The Labute approximate surface area is 249 Å². The van der Waals surface area contributed by atoms with Crippen molar-refractivity contribution < 1.29 is 39.5 Å². The number of aliphatic hydroxyl groups is 3. The molecule has 2 aromatic carbocycles. The third-order valence-corrected chi connectivity index (χ3v) is 8.38. The molecule has 1 amide bonds. The number of carbonyl (C=O) groups is 3. The molecule has 0 spiro atoms. The molecule has 7 N–H and O–H groups in total. The highest BCUT2D eigenvalue weighted by Gasteiger charge is 2.60. The van der Waals surface area contributed by atoms with Crippen molar-refractivity contribution in [2.75, 3.05) is 24.3 Å². The maximum absolute atomic E-state index is 13.9. The third kappa shape index (κ3) is 4.87. The lowest BCUT2D eigenvalue weighted by molar-refractivity contribution is -0.147. The molecule has 228 valence electrons. The van der Waals surface area contributed by atoms with Gasteiger partial charge in [0.2, 0.25) is 5.78 Å². The van der Waals surface area contributed by atoms with E-state index in [1.54, 1.807) is 6.07 Å². The molecule has 11 heteroatoms. The van der Waals surface area contributed by atoms with Gasteiger partial charge in [-0.1, -0.05) is 18.2 Å². The van der Waals surface area contributed by atoms with Gasteiger partial charge in [-0.2, -0.15) is 0 Å². The van der Waals surface area contributed by atoms with Crippen LogP contribution in [0.2, 0.25) is 0 Å². The molecule has 3 aliphatic carbocycles. The van der Waals surface area contributed by atoms with Gasteiger partial charge in [-0.3, -0.25) is 14.4 Å². The summed E-state index contributed by atoms with van der Waals surface area (Å²) in [5, 5.41) is 48.6. The molecule has 5 rings (SSSR count). The van der Waals surface area contributed by atoms with Gasteiger partial charge >= 0.3 is 0 Å². The van der Waals surface area contributed by atoms with Gasteiger partial charge in [0.25, 0.3) is 5.91 Å². The fraction of sp³-hybridized carbons (Fsp3) is 0.406. The molecule has 0 bridgehead atoms. The van der Waals surface area contributed by atoms with Crippen molar-refractivity contribution >= 4 is 34.6 Å². The monoisotopic (exact) mass is 591 g/mol. The summed E-state index contributed by atoms with van der Waals surface area (Å²) >= 11 is 0. The number of aliphatic hydroxyl groups excluding tert-OH is 2. The number of ether oxygens (including phenoxy) is 1. The number of aromatic hydroxyl groups is 1. The number of amides is 1. The molecule has 3 atom stereocenters. The van der Waals surface area contributed by atoms with E-state index in [1.807, 2.05) is 64.0 Å². The first kappa shape index (κ1) is 30.0. The molecule has 11 nitrogen and oxygen atoms in total. The molecule has 1 fully saturated rings. The summed E-state index contributed by atoms with van der Waals surface area (Å²) in [5.74, 6) is -5.92. The quantitative estimate of drug-likeness (QED) is 0.215.